The van der Waals surface area contributed by atoms with Gasteiger partial charge in [-0.15, -0.1) is 12.3 Å². The number of hydrogen-bond donors (Lipinski definition) is 1. The van der Waals surface area contributed by atoms with Crippen LogP contribution >= 0.6 is 0 Å². The van der Waals surface area contributed by atoms with Crippen molar-refractivity contribution in [3.8, 4) is 12.3 Å². The van der Waals surface area contributed by atoms with Crippen LogP contribution in [-0.4, -0.2) is 35.7 Å². The molecule has 110 valence electrons. The fourth-order valence-corrected chi connectivity index (χ4v) is 4.12. The summed E-state index contributed by atoms with van der Waals surface area (Å²) < 4.78 is 25.7. The van der Waals surface area contributed by atoms with Crippen LogP contribution in [0.25, 0.3) is 0 Å². The van der Waals surface area contributed by atoms with Gasteiger partial charge in [0, 0.05) is 6.42 Å². The van der Waals surface area contributed by atoms with E-state index in [-0.39, 0.29) is 22.4 Å². The second-order valence-electron chi connectivity index (χ2n) is 4.59. The van der Waals surface area contributed by atoms with E-state index in [0.29, 0.717) is 6.42 Å². The Kier molecular flexibility index (Phi) is 3.75. The normalized spacial score (nSPS) is 17.1. The van der Waals surface area contributed by atoms with Crippen LogP contribution in [0.2, 0.25) is 0 Å². The Bertz CT molecular complexity index is 760. The van der Waals surface area contributed by atoms with Crippen LogP contribution in [0, 0.1) is 12.3 Å². The number of sulfonamides is 1. The molecule has 1 amide bonds. The minimum Gasteiger partial charge on any atom is -0.478 e. The summed E-state index contributed by atoms with van der Waals surface area (Å²) in [6.45, 7) is 1.73. The number of carbonyl (C=O) groups is 2. The zero-order valence-electron chi connectivity index (χ0n) is 11.2. The zero-order valence-corrected chi connectivity index (χ0v) is 12.1. The Labute approximate surface area is 122 Å². The average Bonchev–Trinajstić information content (AvgIpc) is 2.64. The van der Waals surface area contributed by atoms with Crippen molar-refractivity contribution in [2.45, 2.75) is 30.7 Å². The number of hydrogen-bond acceptors (Lipinski definition) is 4. The van der Waals surface area contributed by atoms with Crippen LogP contribution in [-0.2, 0) is 10.0 Å². The molecule has 1 heterocycles. The maximum Gasteiger partial charge on any atom is 0.335 e. The van der Waals surface area contributed by atoms with Gasteiger partial charge in [-0.2, -0.15) is 0 Å². The molecule has 0 fully saturated rings. The standard InChI is InChI=1S/C14H13NO5S/c1-3-5-10(4-2)15-13(16)11-7-6-9(14(17)18)8-12(11)21(15,19)20/h1,6-8,10H,4-5H2,2H3,(H,17,18). The quantitative estimate of drug-likeness (QED) is 0.847. The molecule has 21 heavy (non-hydrogen) atoms. The molecular formula is C14H13NO5S. The molecule has 1 aliphatic rings. The fourth-order valence-electron chi connectivity index (χ4n) is 2.27. The van der Waals surface area contributed by atoms with Crippen LogP contribution in [0.5, 0.6) is 0 Å². The van der Waals surface area contributed by atoms with Crippen molar-refractivity contribution < 1.29 is 23.1 Å². The van der Waals surface area contributed by atoms with Crippen LogP contribution in [0.15, 0.2) is 23.1 Å². The molecule has 1 atom stereocenters. The molecule has 1 unspecified atom stereocenters. The number of aromatic carboxylic acids is 1. The van der Waals surface area contributed by atoms with Gasteiger partial charge in [-0.1, -0.05) is 6.92 Å². The summed E-state index contributed by atoms with van der Waals surface area (Å²) in [6, 6.07) is 2.81. The number of rotatable bonds is 4. The summed E-state index contributed by atoms with van der Waals surface area (Å²) in [4.78, 5) is 23.0. The smallest absolute Gasteiger partial charge is 0.335 e. The lowest BCUT2D eigenvalue weighted by atomic mass is 10.1. The molecule has 0 spiro atoms. The Balaban J connectivity index is 2.60. The van der Waals surface area contributed by atoms with E-state index in [1.54, 1.807) is 6.92 Å². The van der Waals surface area contributed by atoms with Gasteiger partial charge in [0.15, 0.2) is 0 Å². The third kappa shape index (κ3) is 2.28. The highest BCUT2D eigenvalue weighted by Crippen LogP contribution is 2.34. The van der Waals surface area contributed by atoms with Crippen LogP contribution < -0.4 is 0 Å². The molecule has 1 aromatic rings. The molecule has 1 N–H and O–H groups in total. The molecule has 0 aromatic heterocycles. The molecular weight excluding hydrogens is 294 g/mol. The van der Waals surface area contributed by atoms with Crippen LogP contribution in [0.4, 0.5) is 0 Å². The van der Waals surface area contributed by atoms with Crippen molar-refractivity contribution in [2.24, 2.45) is 0 Å². The zero-order chi connectivity index (χ0) is 15.8. The van der Waals surface area contributed by atoms with Gasteiger partial charge in [0.1, 0.15) is 4.90 Å². The maximum atomic E-state index is 12.5. The Morgan fingerprint density at radius 3 is 2.67 bits per heavy atom. The molecule has 0 saturated carbocycles. The first-order valence-electron chi connectivity index (χ1n) is 6.24. The largest absolute Gasteiger partial charge is 0.478 e. The van der Waals surface area contributed by atoms with E-state index in [9.17, 15) is 18.0 Å². The number of terminal acetylenes is 1. The van der Waals surface area contributed by atoms with Gasteiger partial charge in [0.05, 0.1) is 17.2 Å². The van der Waals surface area contributed by atoms with Crippen molar-refractivity contribution in [1.29, 1.82) is 0 Å². The van der Waals surface area contributed by atoms with Gasteiger partial charge in [0.2, 0.25) is 0 Å². The van der Waals surface area contributed by atoms with Crippen molar-refractivity contribution in [3.05, 3.63) is 29.3 Å². The van der Waals surface area contributed by atoms with E-state index in [1.165, 1.54) is 12.1 Å². The summed E-state index contributed by atoms with van der Waals surface area (Å²) in [6.07, 6.45) is 5.71. The van der Waals surface area contributed by atoms with E-state index < -0.39 is 27.9 Å². The highest BCUT2D eigenvalue weighted by Gasteiger charge is 2.44. The molecule has 7 heteroatoms. The molecule has 1 aromatic carbocycles. The van der Waals surface area contributed by atoms with Gasteiger partial charge in [-0.25, -0.2) is 17.5 Å². The molecule has 2 rings (SSSR count). The second kappa shape index (κ2) is 5.22. The summed E-state index contributed by atoms with van der Waals surface area (Å²) in [7, 11) is -4.06. The maximum absolute atomic E-state index is 12.5. The average molecular weight is 307 g/mol. The number of carboxylic acids is 1. The lowest BCUT2D eigenvalue weighted by molar-refractivity contribution is 0.0695. The van der Waals surface area contributed by atoms with Crippen molar-refractivity contribution in [3.63, 3.8) is 0 Å². The number of carboxylic acid groups (broad SMARTS) is 1. The summed E-state index contributed by atoms with van der Waals surface area (Å²) in [5, 5.41) is 8.94. The molecule has 6 nitrogen and oxygen atoms in total. The first-order valence-corrected chi connectivity index (χ1v) is 7.68. The van der Waals surface area contributed by atoms with Crippen molar-refractivity contribution >= 4 is 21.9 Å². The van der Waals surface area contributed by atoms with Crippen LogP contribution in [0.3, 0.4) is 0 Å². The SMILES string of the molecule is C#CCC(CC)N1C(=O)c2ccc(C(=O)O)cc2S1(=O)=O. The Hall–Kier alpha value is -2.33. The Morgan fingerprint density at radius 1 is 1.48 bits per heavy atom. The summed E-state index contributed by atoms with van der Waals surface area (Å²) in [5.41, 5.74) is -0.201. The van der Waals surface area contributed by atoms with Gasteiger partial charge in [-0.3, -0.25) is 4.79 Å². The van der Waals surface area contributed by atoms with E-state index in [1.807, 2.05) is 0 Å². The summed E-state index contributed by atoms with van der Waals surface area (Å²) >= 11 is 0. The van der Waals surface area contributed by atoms with Crippen molar-refractivity contribution in [1.82, 2.24) is 4.31 Å². The molecule has 0 radical (unpaired) electrons. The van der Waals surface area contributed by atoms with Gasteiger partial charge in [-0.05, 0) is 24.6 Å². The van der Waals surface area contributed by atoms with E-state index >= 15 is 0 Å². The first-order chi connectivity index (χ1) is 9.84. The highest BCUT2D eigenvalue weighted by molar-refractivity contribution is 7.90. The number of amides is 1. The second-order valence-corrected chi connectivity index (χ2v) is 6.38. The number of fused-ring (bicyclic) bond motifs is 1. The highest BCUT2D eigenvalue weighted by atomic mass is 32.2. The van der Waals surface area contributed by atoms with E-state index in [0.717, 1.165) is 10.4 Å². The fraction of sp³-hybridized carbons (Fsp3) is 0.286. The molecule has 1 aliphatic heterocycles. The first kappa shape index (κ1) is 15.1. The van der Waals surface area contributed by atoms with E-state index in [4.69, 9.17) is 11.5 Å². The lowest BCUT2D eigenvalue weighted by Gasteiger charge is -2.23. The monoisotopic (exact) mass is 307 g/mol. The molecule has 0 bridgehead atoms. The topological polar surface area (TPSA) is 91.8 Å². The van der Waals surface area contributed by atoms with Crippen molar-refractivity contribution in [2.75, 3.05) is 0 Å². The molecule has 0 saturated heterocycles. The lowest BCUT2D eigenvalue weighted by Crippen LogP contribution is -2.39. The van der Waals surface area contributed by atoms with Gasteiger partial charge in [0.25, 0.3) is 15.9 Å². The number of nitrogens with zero attached hydrogens (tertiary/aromatic N) is 1. The number of carbonyl (C=O) groups excluding carboxylic acids is 1. The molecule has 0 aliphatic carbocycles. The minimum atomic E-state index is -4.06. The van der Waals surface area contributed by atoms with Gasteiger partial charge >= 0.3 is 5.97 Å². The Morgan fingerprint density at radius 2 is 2.14 bits per heavy atom. The predicted octanol–water partition coefficient (Wildman–Crippen LogP) is 1.33. The van der Waals surface area contributed by atoms with E-state index in [2.05, 4.69) is 5.92 Å². The summed E-state index contributed by atoms with van der Waals surface area (Å²) in [5.74, 6) is 0.440. The predicted molar refractivity (Wildman–Crippen MR) is 74.3 cm³/mol. The van der Waals surface area contributed by atoms with Crippen LogP contribution in [0.1, 0.15) is 40.5 Å². The van der Waals surface area contributed by atoms with Gasteiger partial charge < -0.3 is 5.11 Å². The third-order valence-electron chi connectivity index (χ3n) is 3.35. The number of benzene rings is 1. The third-order valence-corrected chi connectivity index (χ3v) is 5.23. The minimum absolute atomic E-state index is 0.0181.